The predicted molar refractivity (Wildman–Crippen MR) is 70.6 cm³/mol. The first-order valence-corrected chi connectivity index (χ1v) is 5.98. The largest absolute Gasteiger partial charge is 0.330 e. The lowest BCUT2D eigenvalue weighted by Crippen LogP contribution is -2.36. The topological polar surface area (TPSA) is 107 Å². The molecule has 1 rings (SSSR count). The third-order valence-electron chi connectivity index (χ3n) is 3.38. The van der Waals surface area contributed by atoms with Crippen LogP contribution in [-0.2, 0) is 17.4 Å². The van der Waals surface area contributed by atoms with Crippen molar-refractivity contribution in [2.75, 3.05) is 13.1 Å². The number of rotatable bonds is 5. The van der Waals surface area contributed by atoms with Gasteiger partial charge >= 0.3 is 0 Å². The number of aromatic amines is 1. The van der Waals surface area contributed by atoms with Crippen LogP contribution in [0.25, 0.3) is 0 Å². The van der Waals surface area contributed by atoms with Crippen molar-refractivity contribution in [1.29, 1.82) is 0 Å². The Hall–Kier alpha value is -0.910. The highest BCUT2D eigenvalue weighted by molar-refractivity contribution is 5.37. The Morgan fingerprint density at radius 2 is 1.53 bits per heavy atom. The van der Waals surface area contributed by atoms with E-state index in [0.717, 1.165) is 17.0 Å². The molecule has 0 atom stereocenters. The minimum absolute atomic E-state index is 0.149. The first kappa shape index (κ1) is 14.2. The average molecular weight is 239 g/mol. The number of hydrogen-bond donors (Lipinski definition) is 4. The summed E-state index contributed by atoms with van der Waals surface area (Å²) in [5.41, 5.74) is 20.2. The number of nitrogens with one attached hydrogen (secondary N) is 1. The van der Waals surface area contributed by atoms with Crippen LogP contribution in [0, 0.1) is 0 Å². The van der Waals surface area contributed by atoms with Crippen LogP contribution in [0.3, 0.4) is 0 Å². The standard InChI is InChI=1S/C12H25N5/c1-11(2,6-14)9-8(5-13)16-17-10(9)12(3,4)7-15/h5-7,13-15H2,1-4H3,(H,16,17). The molecule has 0 aliphatic rings. The van der Waals surface area contributed by atoms with Crippen LogP contribution in [0.1, 0.15) is 44.6 Å². The molecule has 5 heteroatoms. The molecule has 0 aliphatic heterocycles. The summed E-state index contributed by atoms with van der Waals surface area (Å²) < 4.78 is 0. The smallest absolute Gasteiger partial charge is 0.0732 e. The van der Waals surface area contributed by atoms with Crippen LogP contribution in [-0.4, -0.2) is 23.3 Å². The third-order valence-corrected chi connectivity index (χ3v) is 3.38. The van der Waals surface area contributed by atoms with Gasteiger partial charge in [-0.25, -0.2) is 0 Å². The second kappa shape index (κ2) is 4.76. The van der Waals surface area contributed by atoms with Gasteiger partial charge in [-0.15, -0.1) is 0 Å². The minimum atomic E-state index is -0.175. The third kappa shape index (κ3) is 2.51. The summed E-state index contributed by atoms with van der Waals surface area (Å²) in [6, 6.07) is 0. The van der Waals surface area contributed by atoms with E-state index in [0.29, 0.717) is 19.6 Å². The molecule has 0 aromatic carbocycles. The van der Waals surface area contributed by atoms with E-state index in [2.05, 4.69) is 37.9 Å². The van der Waals surface area contributed by atoms with E-state index in [-0.39, 0.29) is 10.8 Å². The summed E-state index contributed by atoms with van der Waals surface area (Å²) in [4.78, 5) is 0. The van der Waals surface area contributed by atoms with Gasteiger partial charge in [-0.1, -0.05) is 27.7 Å². The molecule has 1 heterocycles. The quantitative estimate of drug-likeness (QED) is 0.594. The van der Waals surface area contributed by atoms with Crippen molar-refractivity contribution >= 4 is 0 Å². The van der Waals surface area contributed by atoms with E-state index in [4.69, 9.17) is 17.2 Å². The van der Waals surface area contributed by atoms with Crippen molar-refractivity contribution in [3.63, 3.8) is 0 Å². The van der Waals surface area contributed by atoms with E-state index >= 15 is 0 Å². The fourth-order valence-corrected chi connectivity index (χ4v) is 1.94. The zero-order chi connectivity index (χ0) is 13.3. The van der Waals surface area contributed by atoms with Crippen molar-refractivity contribution < 1.29 is 0 Å². The zero-order valence-electron chi connectivity index (χ0n) is 11.3. The first-order valence-electron chi connectivity index (χ1n) is 5.98. The highest BCUT2D eigenvalue weighted by Crippen LogP contribution is 2.34. The van der Waals surface area contributed by atoms with E-state index in [1.807, 2.05) is 0 Å². The maximum Gasteiger partial charge on any atom is 0.0732 e. The van der Waals surface area contributed by atoms with Gasteiger partial charge in [-0.05, 0) is 0 Å². The highest BCUT2D eigenvalue weighted by Gasteiger charge is 2.34. The fraction of sp³-hybridized carbons (Fsp3) is 0.750. The van der Waals surface area contributed by atoms with Gasteiger partial charge < -0.3 is 17.2 Å². The van der Waals surface area contributed by atoms with Crippen LogP contribution in [0.4, 0.5) is 0 Å². The summed E-state index contributed by atoms with van der Waals surface area (Å²) in [6.07, 6.45) is 0. The summed E-state index contributed by atoms with van der Waals surface area (Å²) in [5, 5.41) is 7.42. The van der Waals surface area contributed by atoms with E-state index in [1.54, 1.807) is 0 Å². The minimum Gasteiger partial charge on any atom is -0.330 e. The van der Waals surface area contributed by atoms with Crippen molar-refractivity contribution in [3.05, 3.63) is 17.0 Å². The van der Waals surface area contributed by atoms with Crippen LogP contribution in [0.5, 0.6) is 0 Å². The molecule has 0 bridgehead atoms. The molecular formula is C12H25N5. The summed E-state index contributed by atoms with van der Waals surface area (Å²) in [5.74, 6) is 0. The second-order valence-electron chi connectivity index (χ2n) is 5.81. The van der Waals surface area contributed by atoms with Crippen LogP contribution < -0.4 is 17.2 Å². The molecule has 7 N–H and O–H groups in total. The van der Waals surface area contributed by atoms with Crippen LogP contribution in [0.15, 0.2) is 0 Å². The lowest BCUT2D eigenvalue weighted by Gasteiger charge is -2.29. The van der Waals surface area contributed by atoms with Crippen molar-refractivity contribution in [2.24, 2.45) is 17.2 Å². The molecule has 0 spiro atoms. The lowest BCUT2D eigenvalue weighted by atomic mass is 9.76. The molecule has 17 heavy (non-hydrogen) atoms. The number of aromatic nitrogens is 2. The van der Waals surface area contributed by atoms with Gasteiger partial charge in [0.15, 0.2) is 0 Å². The van der Waals surface area contributed by atoms with Crippen molar-refractivity contribution in [1.82, 2.24) is 10.2 Å². The van der Waals surface area contributed by atoms with Gasteiger partial charge in [0.05, 0.1) is 11.4 Å². The first-order chi connectivity index (χ1) is 7.80. The molecule has 98 valence electrons. The Labute approximate surface area is 103 Å². The summed E-state index contributed by atoms with van der Waals surface area (Å²) >= 11 is 0. The normalized spacial score (nSPS) is 13.1. The van der Waals surface area contributed by atoms with Gasteiger partial charge in [0.2, 0.25) is 0 Å². The van der Waals surface area contributed by atoms with E-state index in [1.165, 1.54) is 0 Å². The van der Waals surface area contributed by atoms with E-state index < -0.39 is 0 Å². The SMILES string of the molecule is CC(C)(CN)c1n[nH]c(CN)c1C(C)(C)CN. The Balaban J connectivity index is 3.39. The van der Waals surface area contributed by atoms with Crippen LogP contribution >= 0.6 is 0 Å². The molecule has 0 amide bonds. The molecule has 5 nitrogen and oxygen atoms in total. The average Bonchev–Trinajstić information content (AvgIpc) is 2.74. The second-order valence-corrected chi connectivity index (χ2v) is 5.81. The van der Waals surface area contributed by atoms with Gasteiger partial charge in [-0.2, -0.15) is 5.10 Å². The van der Waals surface area contributed by atoms with Crippen molar-refractivity contribution in [3.8, 4) is 0 Å². The Morgan fingerprint density at radius 1 is 1.00 bits per heavy atom. The summed E-state index contributed by atoms with van der Waals surface area (Å²) in [7, 11) is 0. The van der Waals surface area contributed by atoms with Gasteiger partial charge in [0, 0.05) is 36.0 Å². The predicted octanol–water partition coefficient (Wildman–Crippen LogP) is 0.341. The molecule has 0 saturated carbocycles. The molecule has 1 aromatic heterocycles. The molecule has 0 radical (unpaired) electrons. The number of nitrogens with two attached hydrogens (primary N) is 3. The van der Waals surface area contributed by atoms with Crippen LogP contribution in [0.2, 0.25) is 0 Å². The van der Waals surface area contributed by atoms with Gasteiger partial charge in [0.25, 0.3) is 0 Å². The zero-order valence-corrected chi connectivity index (χ0v) is 11.3. The summed E-state index contributed by atoms with van der Waals surface area (Å²) in [6.45, 7) is 9.90. The molecular weight excluding hydrogens is 214 g/mol. The number of hydrogen-bond acceptors (Lipinski definition) is 4. The lowest BCUT2D eigenvalue weighted by molar-refractivity contribution is 0.476. The molecule has 1 aromatic rings. The fourth-order valence-electron chi connectivity index (χ4n) is 1.94. The van der Waals surface area contributed by atoms with Gasteiger partial charge in [0.1, 0.15) is 0 Å². The monoisotopic (exact) mass is 239 g/mol. The molecule has 0 aliphatic carbocycles. The Kier molecular flexibility index (Phi) is 3.96. The maximum atomic E-state index is 5.86. The maximum absolute atomic E-state index is 5.86. The molecule has 0 saturated heterocycles. The number of nitrogens with zero attached hydrogens (tertiary/aromatic N) is 1. The molecule has 0 unspecified atom stereocenters. The number of H-pyrrole nitrogens is 1. The Bertz CT molecular complexity index is 378. The van der Waals surface area contributed by atoms with Crippen molar-refractivity contribution in [2.45, 2.75) is 45.1 Å². The van der Waals surface area contributed by atoms with Gasteiger partial charge in [-0.3, -0.25) is 5.10 Å². The highest BCUT2D eigenvalue weighted by atomic mass is 15.1. The molecule has 0 fully saturated rings. The Morgan fingerprint density at radius 3 is 1.94 bits per heavy atom. The van der Waals surface area contributed by atoms with E-state index in [9.17, 15) is 0 Å².